The Kier molecular flexibility index (Phi) is 7.20. The Morgan fingerprint density at radius 1 is 1.31 bits per heavy atom. The summed E-state index contributed by atoms with van der Waals surface area (Å²) in [6.45, 7) is 6.52. The van der Waals surface area contributed by atoms with Gasteiger partial charge in [-0.15, -0.1) is 0 Å². The normalized spacial score (nSPS) is 21.5. The highest BCUT2D eigenvalue weighted by Crippen LogP contribution is 2.26. The number of nitrogens with zero attached hydrogens (tertiary/aromatic N) is 1. The van der Waals surface area contributed by atoms with Gasteiger partial charge in [0.25, 0.3) is 0 Å². The van der Waals surface area contributed by atoms with Gasteiger partial charge in [-0.2, -0.15) is 0 Å². The largest absolute Gasteiger partial charge is 0.391 e. The summed E-state index contributed by atoms with van der Waals surface area (Å²) in [6.07, 6.45) is 0.311. The highest BCUT2D eigenvalue weighted by atomic mass is 79.9. The number of nitrogens with one attached hydrogen (secondary N) is 2. The van der Waals surface area contributed by atoms with E-state index in [2.05, 4.69) is 25.8 Å². The number of aliphatic hydroxyl groups excluding tert-OH is 1. The molecule has 1 aromatic rings. The van der Waals surface area contributed by atoms with Crippen molar-refractivity contribution in [3.63, 3.8) is 0 Å². The van der Waals surface area contributed by atoms with E-state index >= 15 is 0 Å². The van der Waals surface area contributed by atoms with E-state index in [0.29, 0.717) is 6.54 Å². The lowest BCUT2D eigenvalue weighted by atomic mass is 9.86. The Balaban J connectivity index is 1.99. The molecule has 1 heterocycles. The molecule has 0 saturated carbocycles. The van der Waals surface area contributed by atoms with Crippen LogP contribution in [0.4, 0.5) is 0 Å². The number of halogens is 1. The van der Waals surface area contributed by atoms with Gasteiger partial charge in [-0.25, -0.2) is 4.34 Å². The average molecular weight is 426 g/mol. The Labute approximate surface area is 163 Å². The lowest BCUT2D eigenvalue weighted by Gasteiger charge is -2.34. The van der Waals surface area contributed by atoms with E-state index in [9.17, 15) is 14.7 Å². The van der Waals surface area contributed by atoms with Crippen LogP contribution in [0.1, 0.15) is 32.8 Å². The predicted molar refractivity (Wildman–Crippen MR) is 105 cm³/mol. The second-order valence-corrected chi connectivity index (χ2v) is 8.29. The molecule has 1 aromatic carbocycles. The Morgan fingerprint density at radius 2 is 1.96 bits per heavy atom. The average Bonchev–Trinajstić information content (AvgIpc) is 2.97. The SMILES string of the molecule is CC(C)(C)[C@H](NBr)C(=O)N1C[C@@H](O)C[C@H]1C(=O)NCCc1ccccc1. The fourth-order valence-electron chi connectivity index (χ4n) is 3.15. The molecule has 2 rings (SSSR count). The standard InChI is InChI=1S/C19H28BrN3O3/c1-19(2,3)16(22-20)18(26)23-12-14(24)11-15(23)17(25)21-10-9-13-7-5-4-6-8-13/h4-8,14-16,22,24H,9-12H2,1-3H3,(H,21,25)/t14-,15-,16+/m0/s1. The summed E-state index contributed by atoms with van der Waals surface area (Å²) in [4.78, 5) is 27.0. The maximum Gasteiger partial charge on any atom is 0.242 e. The molecule has 1 saturated heterocycles. The van der Waals surface area contributed by atoms with Crippen molar-refractivity contribution in [3.8, 4) is 0 Å². The molecule has 3 N–H and O–H groups in total. The van der Waals surface area contributed by atoms with Gasteiger partial charge < -0.3 is 15.3 Å². The molecule has 0 aliphatic carbocycles. The number of aliphatic hydroxyl groups is 1. The van der Waals surface area contributed by atoms with Crippen LogP contribution < -0.4 is 9.66 Å². The van der Waals surface area contributed by atoms with E-state index < -0.39 is 18.2 Å². The lowest BCUT2D eigenvalue weighted by Crippen LogP contribution is -2.55. The van der Waals surface area contributed by atoms with E-state index in [1.807, 2.05) is 51.1 Å². The van der Waals surface area contributed by atoms with Gasteiger partial charge in [-0.05, 0) is 17.4 Å². The highest BCUT2D eigenvalue weighted by molar-refractivity contribution is 9.08. The van der Waals surface area contributed by atoms with Crippen molar-refractivity contribution >= 4 is 28.0 Å². The van der Waals surface area contributed by atoms with Crippen LogP contribution in [0.2, 0.25) is 0 Å². The third-order valence-electron chi connectivity index (χ3n) is 4.64. The summed E-state index contributed by atoms with van der Waals surface area (Å²) in [5, 5.41) is 12.9. The van der Waals surface area contributed by atoms with Crippen molar-refractivity contribution < 1.29 is 14.7 Å². The first-order chi connectivity index (χ1) is 12.2. The molecule has 3 atom stereocenters. The topological polar surface area (TPSA) is 81.7 Å². The molecular formula is C19H28BrN3O3. The van der Waals surface area contributed by atoms with Crippen LogP contribution in [-0.2, 0) is 16.0 Å². The molecule has 0 aromatic heterocycles. The van der Waals surface area contributed by atoms with Gasteiger partial charge in [0, 0.05) is 35.7 Å². The lowest BCUT2D eigenvalue weighted by molar-refractivity contribution is -0.141. The van der Waals surface area contributed by atoms with Gasteiger partial charge in [0.2, 0.25) is 11.8 Å². The molecule has 0 spiro atoms. The van der Waals surface area contributed by atoms with Crippen molar-refractivity contribution in [2.75, 3.05) is 13.1 Å². The first-order valence-electron chi connectivity index (χ1n) is 8.90. The van der Waals surface area contributed by atoms with Crippen molar-refractivity contribution in [1.82, 2.24) is 14.6 Å². The summed E-state index contributed by atoms with van der Waals surface area (Å²) in [5.41, 5.74) is 0.811. The molecule has 0 radical (unpaired) electrons. The molecule has 1 aliphatic heterocycles. The molecular weight excluding hydrogens is 398 g/mol. The minimum atomic E-state index is -0.681. The molecule has 2 amide bonds. The van der Waals surface area contributed by atoms with Crippen LogP contribution in [0.15, 0.2) is 30.3 Å². The number of benzene rings is 1. The number of hydrogen-bond acceptors (Lipinski definition) is 4. The highest BCUT2D eigenvalue weighted by Gasteiger charge is 2.43. The van der Waals surface area contributed by atoms with Gasteiger partial charge >= 0.3 is 0 Å². The number of rotatable bonds is 6. The van der Waals surface area contributed by atoms with Crippen LogP contribution in [0.25, 0.3) is 0 Å². The zero-order valence-electron chi connectivity index (χ0n) is 15.5. The molecule has 0 bridgehead atoms. The molecule has 0 unspecified atom stereocenters. The van der Waals surface area contributed by atoms with E-state index in [1.54, 1.807) is 0 Å². The number of carbonyl (C=O) groups excluding carboxylic acids is 2. The molecule has 6 nitrogen and oxygen atoms in total. The van der Waals surface area contributed by atoms with Gasteiger partial charge in [0.15, 0.2) is 0 Å². The Morgan fingerprint density at radius 3 is 2.54 bits per heavy atom. The fraction of sp³-hybridized carbons (Fsp3) is 0.579. The minimum absolute atomic E-state index is 0.177. The summed E-state index contributed by atoms with van der Waals surface area (Å²) in [6, 6.07) is 8.77. The third-order valence-corrected chi connectivity index (χ3v) is 5.10. The maximum atomic E-state index is 12.9. The Hall–Kier alpha value is -1.44. The molecule has 26 heavy (non-hydrogen) atoms. The number of β-amino-alcohol motifs (C(OH)–C–C–N with tert-alkyl or cyclic N) is 1. The number of amides is 2. The summed E-state index contributed by atoms with van der Waals surface area (Å²) >= 11 is 3.18. The van der Waals surface area contributed by atoms with Gasteiger partial charge in [0.1, 0.15) is 12.1 Å². The van der Waals surface area contributed by atoms with Gasteiger partial charge in [-0.3, -0.25) is 9.59 Å². The van der Waals surface area contributed by atoms with E-state index in [4.69, 9.17) is 0 Å². The fourth-order valence-corrected chi connectivity index (χ4v) is 4.03. The summed E-state index contributed by atoms with van der Waals surface area (Å²) in [7, 11) is 0. The predicted octanol–water partition coefficient (Wildman–Crippen LogP) is 1.62. The molecule has 1 aliphatic rings. The van der Waals surface area contributed by atoms with E-state index in [-0.39, 0.29) is 30.2 Å². The van der Waals surface area contributed by atoms with Crippen LogP contribution in [0.5, 0.6) is 0 Å². The first kappa shape index (κ1) is 20.9. The van der Waals surface area contributed by atoms with Crippen LogP contribution in [0, 0.1) is 5.41 Å². The van der Waals surface area contributed by atoms with E-state index in [1.165, 1.54) is 4.90 Å². The maximum absolute atomic E-state index is 12.9. The summed E-state index contributed by atoms with van der Waals surface area (Å²) < 4.78 is 2.87. The molecule has 144 valence electrons. The number of hydrogen-bond donors (Lipinski definition) is 3. The second kappa shape index (κ2) is 8.97. The van der Waals surface area contributed by atoms with Crippen molar-refractivity contribution in [3.05, 3.63) is 35.9 Å². The summed E-state index contributed by atoms with van der Waals surface area (Å²) in [5.74, 6) is -0.401. The first-order valence-corrected chi connectivity index (χ1v) is 9.69. The van der Waals surface area contributed by atoms with Gasteiger partial charge in [-0.1, -0.05) is 51.1 Å². The van der Waals surface area contributed by atoms with Crippen LogP contribution in [-0.4, -0.2) is 53.1 Å². The quantitative estimate of drug-likeness (QED) is 0.604. The molecule has 7 heteroatoms. The van der Waals surface area contributed by atoms with Crippen LogP contribution >= 0.6 is 16.1 Å². The van der Waals surface area contributed by atoms with Crippen molar-refractivity contribution in [2.24, 2.45) is 5.41 Å². The minimum Gasteiger partial charge on any atom is -0.391 e. The second-order valence-electron chi connectivity index (χ2n) is 7.83. The van der Waals surface area contributed by atoms with Crippen molar-refractivity contribution in [2.45, 2.75) is 51.8 Å². The van der Waals surface area contributed by atoms with Crippen molar-refractivity contribution in [1.29, 1.82) is 0 Å². The third kappa shape index (κ3) is 5.28. The molecule has 1 fully saturated rings. The zero-order chi connectivity index (χ0) is 19.3. The van der Waals surface area contributed by atoms with Crippen LogP contribution in [0.3, 0.4) is 0 Å². The monoisotopic (exact) mass is 425 g/mol. The Bertz CT molecular complexity index is 618. The number of carbonyl (C=O) groups is 2. The zero-order valence-corrected chi connectivity index (χ0v) is 17.1. The van der Waals surface area contributed by atoms with E-state index in [0.717, 1.165) is 12.0 Å². The smallest absolute Gasteiger partial charge is 0.242 e. The van der Waals surface area contributed by atoms with Gasteiger partial charge in [0.05, 0.1) is 6.10 Å². The number of likely N-dealkylation sites (tertiary alicyclic amines) is 1.